The summed E-state index contributed by atoms with van der Waals surface area (Å²) >= 11 is 0. The molecule has 0 saturated heterocycles. The molecule has 1 atom stereocenters. The molecule has 7 heteroatoms. The number of nitrogens with one attached hydrogen (secondary N) is 1. The largest absolute Gasteiger partial charge is 0.480 e. The second kappa shape index (κ2) is 6.92. The summed E-state index contributed by atoms with van der Waals surface area (Å²) in [6.45, 7) is 3.44. The first-order chi connectivity index (χ1) is 9.75. The molecule has 0 heterocycles. The second-order valence-electron chi connectivity index (χ2n) is 4.31. The fraction of sp³-hybridized carbons (Fsp3) is 0.286. The standard InChI is InChI=1S/C14H14F3NO3/c1-2-3-7-11(13(20)21)18-12(19)9-5-4-6-10(8-9)14(15,16)17/h2,4-6,8,11H,1,3,7H2,(H,18,19)(H,20,21). The van der Waals surface area contributed by atoms with Gasteiger partial charge in [-0.05, 0) is 31.0 Å². The maximum absolute atomic E-state index is 12.6. The number of rotatable bonds is 6. The van der Waals surface area contributed by atoms with Crippen molar-refractivity contribution in [2.24, 2.45) is 0 Å². The number of hydrogen-bond acceptors (Lipinski definition) is 2. The molecule has 0 spiro atoms. The topological polar surface area (TPSA) is 66.4 Å². The maximum Gasteiger partial charge on any atom is 0.416 e. The van der Waals surface area contributed by atoms with Crippen molar-refractivity contribution in [2.75, 3.05) is 0 Å². The van der Waals surface area contributed by atoms with Gasteiger partial charge in [0, 0.05) is 5.56 Å². The van der Waals surface area contributed by atoms with Gasteiger partial charge in [-0.3, -0.25) is 4.79 Å². The van der Waals surface area contributed by atoms with Crippen molar-refractivity contribution in [1.29, 1.82) is 0 Å². The molecule has 0 aromatic heterocycles. The number of carbonyl (C=O) groups is 2. The van der Waals surface area contributed by atoms with Crippen LogP contribution in [0.2, 0.25) is 0 Å². The average molecular weight is 301 g/mol. The van der Waals surface area contributed by atoms with Crippen molar-refractivity contribution >= 4 is 11.9 Å². The van der Waals surface area contributed by atoms with E-state index in [-0.39, 0.29) is 12.0 Å². The summed E-state index contributed by atoms with van der Waals surface area (Å²) in [4.78, 5) is 22.8. The molecule has 0 aliphatic carbocycles. The summed E-state index contributed by atoms with van der Waals surface area (Å²) in [6.07, 6.45) is -2.60. The molecule has 0 radical (unpaired) electrons. The monoisotopic (exact) mass is 301 g/mol. The quantitative estimate of drug-likeness (QED) is 0.794. The van der Waals surface area contributed by atoms with Crippen molar-refractivity contribution in [2.45, 2.75) is 25.1 Å². The van der Waals surface area contributed by atoms with E-state index in [2.05, 4.69) is 11.9 Å². The van der Waals surface area contributed by atoms with Crippen LogP contribution in [-0.4, -0.2) is 23.0 Å². The van der Waals surface area contributed by atoms with Gasteiger partial charge in [0.05, 0.1) is 5.56 Å². The molecule has 1 aromatic rings. The summed E-state index contributed by atoms with van der Waals surface area (Å²) in [5, 5.41) is 11.1. The summed E-state index contributed by atoms with van der Waals surface area (Å²) in [5.41, 5.74) is -1.21. The maximum atomic E-state index is 12.6. The minimum atomic E-state index is -4.56. The van der Waals surface area contributed by atoms with Crippen LogP contribution in [0.25, 0.3) is 0 Å². The van der Waals surface area contributed by atoms with Crippen LogP contribution in [0.1, 0.15) is 28.8 Å². The molecule has 114 valence electrons. The van der Waals surface area contributed by atoms with Crippen molar-refractivity contribution in [3.05, 3.63) is 48.0 Å². The highest BCUT2D eigenvalue weighted by Gasteiger charge is 2.31. The predicted molar refractivity (Wildman–Crippen MR) is 69.8 cm³/mol. The lowest BCUT2D eigenvalue weighted by molar-refractivity contribution is -0.139. The van der Waals surface area contributed by atoms with Gasteiger partial charge in [-0.25, -0.2) is 4.79 Å². The predicted octanol–water partition coefficient (Wildman–Crippen LogP) is 2.85. The third kappa shape index (κ3) is 4.94. The van der Waals surface area contributed by atoms with Gasteiger partial charge in [-0.1, -0.05) is 12.1 Å². The van der Waals surface area contributed by atoms with Gasteiger partial charge in [0.1, 0.15) is 6.04 Å². The lowest BCUT2D eigenvalue weighted by Crippen LogP contribution is -2.40. The van der Waals surface area contributed by atoms with Gasteiger partial charge in [-0.15, -0.1) is 6.58 Å². The summed E-state index contributed by atoms with van der Waals surface area (Å²) in [6, 6.07) is 2.63. The van der Waals surface area contributed by atoms with Gasteiger partial charge in [0.2, 0.25) is 0 Å². The van der Waals surface area contributed by atoms with Crippen LogP contribution in [0.4, 0.5) is 13.2 Å². The molecule has 1 aromatic carbocycles. The number of alkyl halides is 3. The van der Waals surface area contributed by atoms with E-state index in [1.165, 1.54) is 12.1 Å². The third-order valence-electron chi connectivity index (χ3n) is 2.71. The third-order valence-corrected chi connectivity index (χ3v) is 2.71. The average Bonchev–Trinajstić information content (AvgIpc) is 2.42. The van der Waals surface area contributed by atoms with E-state index in [9.17, 15) is 22.8 Å². The van der Waals surface area contributed by atoms with Crippen LogP contribution in [0, 0.1) is 0 Å². The zero-order valence-electron chi connectivity index (χ0n) is 11.0. The molecule has 4 nitrogen and oxygen atoms in total. The van der Waals surface area contributed by atoms with Crippen molar-refractivity contribution in [3.63, 3.8) is 0 Å². The zero-order chi connectivity index (χ0) is 16.0. The number of carboxylic acid groups (broad SMARTS) is 1. The first-order valence-electron chi connectivity index (χ1n) is 6.07. The van der Waals surface area contributed by atoms with Gasteiger partial charge < -0.3 is 10.4 Å². The van der Waals surface area contributed by atoms with Crippen molar-refractivity contribution < 1.29 is 27.9 Å². The first-order valence-corrected chi connectivity index (χ1v) is 6.07. The molecule has 2 N–H and O–H groups in total. The summed E-state index contributed by atoms with van der Waals surface area (Å²) in [7, 11) is 0. The molecule has 0 bridgehead atoms. The Balaban J connectivity index is 2.87. The highest BCUT2D eigenvalue weighted by atomic mass is 19.4. The Morgan fingerprint density at radius 3 is 2.57 bits per heavy atom. The van der Waals surface area contributed by atoms with Crippen LogP contribution in [0.5, 0.6) is 0 Å². The molecule has 1 amide bonds. The van der Waals surface area contributed by atoms with E-state index in [4.69, 9.17) is 5.11 Å². The van der Waals surface area contributed by atoms with Crippen LogP contribution >= 0.6 is 0 Å². The van der Waals surface area contributed by atoms with E-state index in [1.807, 2.05) is 0 Å². The van der Waals surface area contributed by atoms with E-state index >= 15 is 0 Å². The number of carbonyl (C=O) groups excluding carboxylic acids is 1. The highest BCUT2D eigenvalue weighted by molar-refractivity contribution is 5.96. The number of allylic oxidation sites excluding steroid dienone is 1. The minimum Gasteiger partial charge on any atom is -0.480 e. The second-order valence-corrected chi connectivity index (χ2v) is 4.31. The lowest BCUT2D eigenvalue weighted by Gasteiger charge is -2.14. The minimum absolute atomic E-state index is 0.115. The number of carboxylic acids is 1. The van der Waals surface area contributed by atoms with Gasteiger partial charge in [-0.2, -0.15) is 13.2 Å². The highest BCUT2D eigenvalue weighted by Crippen LogP contribution is 2.29. The Kier molecular flexibility index (Phi) is 5.52. The van der Waals surface area contributed by atoms with Crippen LogP contribution in [0.15, 0.2) is 36.9 Å². The molecule has 0 fully saturated rings. The Morgan fingerprint density at radius 2 is 2.05 bits per heavy atom. The van der Waals surface area contributed by atoms with Crippen LogP contribution in [-0.2, 0) is 11.0 Å². The Morgan fingerprint density at radius 1 is 1.38 bits per heavy atom. The van der Waals surface area contributed by atoms with Crippen molar-refractivity contribution in [3.8, 4) is 0 Å². The number of aliphatic carboxylic acids is 1. The summed E-state index contributed by atoms with van der Waals surface area (Å²) < 4.78 is 37.7. The number of halogens is 3. The lowest BCUT2D eigenvalue weighted by atomic mass is 10.1. The SMILES string of the molecule is C=CCCC(NC(=O)c1cccc(C(F)(F)F)c1)C(=O)O. The molecule has 1 unspecified atom stereocenters. The molecule has 0 aliphatic heterocycles. The van der Waals surface area contributed by atoms with Crippen LogP contribution < -0.4 is 5.32 Å². The van der Waals surface area contributed by atoms with E-state index < -0.39 is 29.7 Å². The molecular weight excluding hydrogens is 287 g/mol. The molecule has 1 rings (SSSR count). The molecule has 0 saturated carbocycles. The first kappa shape index (κ1) is 16.7. The van der Waals surface area contributed by atoms with E-state index in [1.54, 1.807) is 0 Å². The molecule has 0 aliphatic rings. The fourth-order valence-corrected chi connectivity index (χ4v) is 1.62. The summed E-state index contributed by atoms with van der Waals surface area (Å²) in [5.74, 6) is -2.12. The normalized spacial score (nSPS) is 12.5. The van der Waals surface area contributed by atoms with E-state index in [0.717, 1.165) is 12.1 Å². The Bertz CT molecular complexity index is 541. The zero-order valence-corrected chi connectivity index (χ0v) is 11.0. The number of hydrogen-bond donors (Lipinski definition) is 2. The van der Waals surface area contributed by atoms with Gasteiger partial charge in [0.15, 0.2) is 0 Å². The number of benzene rings is 1. The van der Waals surface area contributed by atoms with Crippen LogP contribution in [0.3, 0.4) is 0 Å². The smallest absolute Gasteiger partial charge is 0.416 e. The Hall–Kier alpha value is -2.31. The molecule has 21 heavy (non-hydrogen) atoms. The molecular formula is C14H14F3NO3. The Labute approximate surface area is 119 Å². The van der Waals surface area contributed by atoms with Gasteiger partial charge >= 0.3 is 12.1 Å². The van der Waals surface area contributed by atoms with E-state index in [0.29, 0.717) is 12.5 Å². The fourth-order valence-electron chi connectivity index (χ4n) is 1.62. The van der Waals surface area contributed by atoms with Gasteiger partial charge in [0.25, 0.3) is 5.91 Å². The van der Waals surface area contributed by atoms with Crippen molar-refractivity contribution in [1.82, 2.24) is 5.32 Å². The number of amides is 1.